The molecule has 1 aromatic heterocycles. The van der Waals surface area contributed by atoms with E-state index in [-0.39, 0.29) is 11.3 Å². The van der Waals surface area contributed by atoms with Crippen LogP contribution in [0.25, 0.3) is 0 Å². The van der Waals surface area contributed by atoms with Crippen LogP contribution >= 0.6 is 11.6 Å². The summed E-state index contributed by atoms with van der Waals surface area (Å²) < 4.78 is 17.2. The van der Waals surface area contributed by atoms with Crippen LogP contribution in [0.4, 0.5) is 9.18 Å². The van der Waals surface area contributed by atoms with Gasteiger partial charge in [-0.3, -0.25) is 0 Å². The molecule has 3 nitrogen and oxygen atoms in total. The molecule has 0 aliphatic rings. The Labute approximate surface area is 73.1 Å². The lowest BCUT2D eigenvalue weighted by molar-refractivity contribution is 0.225. The molecule has 0 N–H and O–H groups in total. The van der Waals surface area contributed by atoms with E-state index in [1.165, 1.54) is 19.2 Å². The molecule has 1 rings (SSSR count). The number of carbonyl (C=O) groups excluding carboxylic acids is 1. The van der Waals surface area contributed by atoms with Crippen molar-refractivity contribution in [2.45, 2.75) is 6.92 Å². The Morgan fingerprint density at radius 1 is 1.75 bits per heavy atom. The van der Waals surface area contributed by atoms with Crippen LogP contribution in [-0.2, 0) is 0 Å². The average molecular weight is 190 g/mol. The summed E-state index contributed by atoms with van der Waals surface area (Å²) in [6.07, 6.45) is 1.19. The molecule has 0 unspecified atom stereocenters. The van der Waals surface area contributed by atoms with Crippen LogP contribution in [0.5, 0.6) is 5.75 Å². The normalized spacial score (nSPS) is 9.58. The quantitative estimate of drug-likeness (QED) is 0.503. The van der Waals surface area contributed by atoms with Gasteiger partial charge in [0.15, 0.2) is 0 Å². The second kappa shape index (κ2) is 3.49. The van der Waals surface area contributed by atoms with Gasteiger partial charge in [0.25, 0.3) is 0 Å². The summed E-state index contributed by atoms with van der Waals surface area (Å²) in [5, 5.41) is 0. The highest BCUT2D eigenvalue weighted by Crippen LogP contribution is 2.18. The smallest absolute Gasteiger partial charge is 0.409 e. The van der Waals surface area contributed by atoms with Gasteiger partial charge in [-0.05, 0) is 13.0 Å². The molecule has 1 heterocycles. The van der Waals surface area contributed by atoms with Gasteiger partial charge >= 0.3 is 5.43 Å². The summed E-state index contributed by atoms with van der Waals surface area (Å²) in [6.45, 7) is 1.44. The van der Waals surface area contributed by atoms with Crippen molar-refractivity contribution < 1.29 is 13.9 Å². The largest absolute Gasteiger partial charge is 0.414 e. The highest BCUT2D eigenvalue weighted by Gasteiger charge is 2.07. The van der Waals surface area contributed by atoms with E-state index in [1.807, 2.05) is 0 Å². The number of nitrogens with zero attached hydrogens (tertiary/aromatic N) is 1. The van der Waals surface area contributed by atoms with Crippen molar-refractivity contribution in [2.24, 2.45) is 0 Å². The molecular formula is C7H5ClFNO2. The van der Waals surface area contributed by atoms with Crippen LogP contribution in [0.1, 0.15) is 5.56 Å². The Kier molecular flexibility index (Phi) is 2.60. The summed E-state index contributed by atoms with van der Waals surface area (Å²) in [7, 11) is 0. The van der Waals surface area contributed by atoms with Crippen molar-refractivity contribution in [3.8, 4) is 5.75 Å². The Hall–Kier alpha value is -1.16. The minimum absolute atomic E-state index is 0.0856. The van der Waals surface area contributed by atoms with Crippen molar-refractivity contribution in [1.82, 2.24) is 4.98 Å². The number of pyridine rings is 1. The van der Waals surface area contributed by atoms with E-state index in [2.05, 4.69) is 9.72 Å². The number of hydrogen-bond donors (Lipinski definition) is 0. The highest BCUT2D eigenvalue weighted by molar-refractivity contribution is 6.61. The Bertz CT molecular complexity index is 316. The Balaban J connectivity index is 3.00. The third kappa shape index (κ3) is 1.92. The predicted octanol–water partition coefficient (Wildman–Crippen LogP) is 2.27. The zero-order valence-corrected chi connectivity index (χ0v) is 6.93. The first kappa shape index (κ1) is 8.93. The zero-order chi connectivity index (χ0) is 9.14. The van der Waals surface area contributed by atoms with E-state index in [4.69, 9.17) is 11.6 Å². The number of carbonyl (C=O) groups is 1. The Morgan fingerprint density at radius 3 is 3.00 bits per heavy atom. The number of hydrogen-bond acceptors (Lipinski definition) is 3. The number of halogens is 2. The fourth-order valence-corrected chi connectivity index (χ4v) is 0.774. The summed E-state index contributed by atoms with van der Waals surface area (Å²) >= 11 is 4.93. The molecule has 0 spiro atoms. The van der Waals surface area contributed by atoms with Gasteiger partial charge in [-0.15, -0.1) is 0 Å². The third-order valence-corrected chi connectivity index (χ3v) is 1.36. The molecule has 1 aromatic rings. The molecule has 0 bridgehead atoms. The lowest BCUT2D eigenvalue weighted by atomic mass is 10.3. The molecule has 0 radical (unpaired) electrons. The molecular weight excluding hydrogens is 185 g/mol. The highest BCUT2D eigenvalue weighted by atomic mass is 35.5. The van der Waals surface area contributed by atoms with Gasteiger partial charge in [0.2, 0.25) is 5.95 Å². The fraction of sp³-hybridized carbons (Fsp3) is 0.143. The van der Waals surface area contributed by atoms with E-state index in [9.17, 15) is 9.18 Å². The maximum atomic E-state index is 12.7. The molecule has 0 aliphatic heterocycles. The van der Waals surface area contributed by atoms with Crippen LogP contribution in [0, 0.1) is 12.9 Å². The van der Waals surface area contributed by atoms with Crippen LogP contribution in [0.3, 0.4) is 0 Å². The Morgan fingerprint density at radius 2 is 2.42 bits per heavy atom. The monoisotopic (exact) mass is 189 g/mol. The van der Waals surface area contributed by atoms with Crippen LogP contribution in [0.15, 0.2) is 12.3 Å². The second-order valence-electron chi connectivity index (χ2n) is 2.06. The van der Waals surface area contributed by atoms with E-state index in [0.29, 0.717) is 0 Å². The molecule has 64 valence electrons. The number of aromatic nitrogens is 1. The van der Waals surface area contributed by atoms with Gasteiger partial charge in [0.05, 0.1) is 0 Å². The molecule has 0 saturated heterocycles. The van der Waals surface area contributed by atoms with Gasteiger partial charge in [0.1, 0.15) is 5.75 Å². The first-order valence-corrected chi connectivity index (χ1v) is 3.47. The third-order valence-electron chi connectivity index (χ3n) is 1.28. The van der Waals surface area contributed by atoms with E-state index in [0.717, 1.165) is 0 Å². The fourth-order valence-electron chi connectivity index (χ4n) is 0.691. The van der Waals surface area contributed by atoms with Crippen LogP contribution in [0.2, 0.25) is 0 Å². The van der Waals surface area contributed by atoms with Crippen molar-refractivity contribution >= 4 is 17.0 Å². The molecule has 0 fully saturated rings. The minimum atomic E-state index is -0.997. The zero-order valence-electron chi connectivity index (χ0n) is 6.17. The van der Waals surface area contributed by atoms with Crippen molar-refractivity contribution in [3.05, 3.63) is 23.8 Å². The maximum absolute atomic E-state index is 12.7. The molecule has 12 heavy (non-hydrogen) atoms. The maximum Gasteiger partial charge on any atom is 0.409 e. The van der Waals surface area contributed by atoms with Gasteiger partial charge in [-0.2, -0.15) is 4.39 Å². The average Bonchev–Trinajstić information content (AvgIpc) is 1.98. The van der Waals surface area contributed by atoms with Gasteiger partial charge in [-0.1, -0.05) is 0 Å². The standard InChI is InChI=1S/C7H5ClFNO2/c1-4-5(12-7(8)11)2-3-10-6(4)9/h2-3H,1H3. The molecule has 0 amide bonds. The van der Waals surface area contributed by atoms with Crippen molar-refractivity contribution in [3.63, 3.8) is 0 Å². The van der Waals surface area contributed by atoms with E-state index in [1.54, 1.807) is 0 Å². The lowest BCUT2D eigenvalue weighted by Crippen LogP contribution is -2.00. The molecule has 0 aromatic carbocycles. The summed E-state index contributed by atoms with van der Waals surface area (Å²) in [4.78, 5) is 13.6. The van der Waals surface area contributed by atoms with Gasteiger partial charge in [0, 0.05) is 23.4 Å². The first-order valence-electron chi connectivity index (χ1n) is 3.09. The topological polar surface area (TPSA) is 39.2 Å². The molecule has 0 aliphatic carbocycles. The molecule has 5 heteroatoms. The van der Waals surface area contributed by atoms with Crippen molar-refractivity contribution in [1.29, 1.82) is 0 Å². The minimum Gasteiger partial charge on any atom is -0.414 e. The summed E-state index contributed by atoms with van der Waals surface area (Å²) in [5.74, 6) is -0.590. The summed E-state index contributed by atoms with van der Waals surface area (Å²) in [5.41, 5.74) is -0.838. The van der Waals surface area contributed by atoms with Gasteiger partial charge < -0.3 is 4.74 Å². The molecule has 0 atom stereocenters. The van der Waals surface area contributed by atoms with Crippen LogP contribution < -0.4 is 4.74 Å². The number of rotatable bonds is 1. The lowest BCUT2D eigenvalue weighted by Gasteiger charge is -2.02. The second-order valence-corrected chi connectivity index (χ2v) is 2.37. The van der Waals surface area contributed by atoms with Gasteiger partial charge in [-0.25, -0.2) is 9.78 Å². The van der Waals surface area contributed by atoms with E-state index >= 15 is 0 Å². The SMILES string of the molecule is Cc1c(OC(=O)Cl)ccnc1F. The predicted molar refractivity (Wildman–Crippen MR) is 40.8 cm³/mol. The summed E-state index contributed by atoms with van der Waals surface area (Å²) in [6, 6.07) is 1.36. The first-order chi connectivity index (χ1) is 5.61. The number of ether oxygens (including phenoxy) is 1. The van der Waals surface area contributed by atoms with Crippen molar-refractivity contribution in [2.75, 3.05) is 0 Å². The molecule has 0 saturated carbocycles. The van der Waals surface area contributed by atoms with E-state index < -0.39 is 11.4 Å². The van der Waals surface area contributed by atoms with Crippen LogP contribution in [-0.4, -0.2) is 10.4 Å².